The van der Waals surface area contributed by atoms with Gasteiger partial charge in [-0.2, -0.15) is 0 Å². The number of halogens is 2. The fourth-order valence-corrected chi connectivity index (χ4v) is 4.49. The summed E-state index contributed by atoms with van der Waals surface area (Å²) < 4.78 is 4.95. The molecule has 1 aliphatic carbocycles. The van der Waals surface area contributed by atoms with Crippen molar-refractivity contribution in [2.24, 2.45) is 5.92 Å². The number of rotatable bonds is 2. The van der Waals surface area contributed by atoms with Crippen molar-refractivity contribution in [1.82, 2.24) is 0 Å². The van der Waals surface area contributed by atoms with Gasteiger partial charge < -0.3 is 10.1 Å². The van der Waals surface area contributed by atoms with Gasteiger partial charge in [0.25, 0.3) is 0 Å². The Morgan fingerprint density at radius 2 is 2.04 bits per heavy atom. The maximum absolute atomic E-state index is 12.2. The summed E-state index contributed by atoms with van der Waals surface area (Å²) in [5, 5.41) is 4.81. The minimum atomic E-state index is -0.342. The summed E-state index contributed by atoms with van der Waals surface area (Å²) in [7, 11) is 1.40. The lowest BCUT2D eigenvalue weighted by Gasteiger charge is -2.38. The van der Waals surface area contributed by atoms with E-state index >= 15 is 0 Å². The Kier molecular flexibility index (Phi) is 4.22. The molecular weight excluding hydrogens is 357 g/mol. The molecule has 25 heavy (non-hydrogen) atoms. The fraction of sp³-hybridized carbons (Fsp3) is 0.250. The van der Waals surface area contributed by atoms with E-state index in [4.69, 9.17) is 27.9 Å². The number of carbonyl (C=O) groups excluding carboxylic acids is 1. The number of allylic oxidation sites excluding steroid dienone is 2. The summed E-state index contributed by atoms with van der Waals surface area (Å²) in [5.74, 6) is 0.252. The van der Waals surface area contributed by atoms with Gasteiger partial charge in [0.1, 0.15) is 0 Å². The van der Waals surface area contributed by atoms with Crippen LogP contribution in [0.15, 0.2) is 48.6 Å². The van der Waals surface area contributed by atoms with Gasteiger partial charge in [-0.05, 0) is 41.7 Å². The highest BCUT2D eigenvalue weighted by Crippen LogP contribution is 2.51. The molecular formula is C20H17Cl2NO2. The zero-order valence-corrected chi connectivity index (χ0v) is 15.1. The van der Waals surface area contributed by atoms with Crippen LogP contribution in [0.25, 0.3) is 0 Å². The van der Waals surface area contributed by atoms with E-state index in [2.05, 4.69) is 23.5 Å². The molecule has 3 nitrogen and oxygen atoms in total. The average Bonchev–Trinajstić information content (AvgIpc) is 3.10. The number of esters is 1. The van der Waals surface area contributed by atoms with Crippen molar-refractivity contribution in [3.63, 3.8) is 0 Å². The smallest absolute Gasteiger partial charge is 0.339 e. The SMILES string of the molecule is COC(=O)c1cccc2c1N[C@H](c1ccc(Cl)cc1Cl)[C@@H]1CC=C[C@H]21. The van der Waals surface area contributed by atoms with Crippen molar-refractivity contribution in [3.05, 3.63) is 75.3 Å². The zero-order chi connectivity index (χ0) is 17.6. The van der Waals surface area contributed by atoms with Gasteiger partial charge in [-0.25, -0.2) is 4.79 Å². The lowest BCUT2D eigenvalue weighted by atomic mass is 9.76. The van der Waals surface area contributed by atoms with Gasteiger partial charge in [-0.3, -0.25) is 0 Å². The van der Waals surface area contributed by atoms with Crippen LogP contribution in [-0.2, 0) is 4.74 Å². The van der Waals surface area contributed by atoms with E-state index in [0.717, 1.165) is 23.2 Å². The first-order valence-corrected chi connectivity index (χ1v) is 8.95. The van der Waals surface area contributed by atoms with Gasteiger partial charge in [0.2, 0.25) is 0 Å². The third-order valence-corrected chi connectivity index (χ3v) is 5.66. The highest BCUT2D eigenvalue weighted by atomic mass is 35.5. The molecule has 3 atom stereocenters. The quantitative estimate of drug-likeness (QED) is 0.549. The molecule has 0 spiro atoms. The predicted molar refractivity (Wildman–Crippen MR) is 101 cm³/mol. The minimum Gasteiger partial charge on any atom is -0.465 e. The van der Waals surface area contributed by atoms with Crippen LogP contribution in [0.1, 0.15) is 39.9 Å². The van der Waals surface area contributed by atoms with Crippen molar-refractivity contribution >= 4 is 34.9 Å². The molecule has 0 fully saturated rings. The van der Waals surface area contributed by atoms with Gasteiger partial charge in [-0.1, -0.05) is 53.6 Å². The number of ether oxygens (including phenoxy) is 1. The van der Waals surface area contributed by atoms with E-state index in [9.17, 15) is 4.79 Å². The average molecular weight is 374 g/mol. The predicted octanol–water partition coefficient (Wildman–Crippen LogP) is 5.61. The lowest BCUT2D eigenvalue weighted by molar-refractivity contribution is 0.0601. The molecule has 1 aliphatic heterocycles. The Morgan fingerprint density at radius 1 is 1.20 bits per heavy atom. The van der Waals surface area contributed by atoms with E-state index < -0.39 is 0 Å². The number of nitrogens with one attached hydrogen (secondary N) is 1. The fourth-order valence-electron chi connectivity index (χ4n) is 3.96. The molecule has 128 valence electrons. The normalized spacial score (nSPS) is 23.6. The molecule has 0 unspecified atom stereocenters. The van der Waals surface area contributed by atoms with E-state index in [0.29, 0.717) is 21.5 Å². The Hall–Kier alpha value is -1.97. The third kappa shape index (κ3) is 2.72. The molecule has 2 aliphatic rings. The van der Waals surface area contributed by atoms with Crippen LogP contribution in [0.2, 0.25) is 10.0 Å². The van der Waals surface area contributed by atoms with Crippen molar-refractivity contribution in [2.45, 2.75) is 18.4 Å². The van der Waals surface area contributed by atoms with Crippen molar-refractivity contribution < 1.29 is 9.53 Å². The molecule has 0 saturated heterocycles. The number of carbonyl (C=O) groups is 1. The standard InChI is InChI=1S/C20H17Cl2NO2/c1-25-20(24)16-7-3-6-14-12-4-2-5-13(12)18(23-19(14)16)15-9-8-11(21)10-17(15)22/h2-4,6-10,12-13,18,23H,5H2,1H3/t12-,13+,18-/m0/s1. The van der Waals surface area contributed by atoms with Crippen molar-refractivity contribution in [2.75, 3.05) is 12.4 Å². The summed E-state index contributed by atoms with van der Waals surface area (Å²) >= 11 is 12.5. The van der Waals surface area contributed by atoms with E-state index in [1.165, 1.54) is 7.11 Å². The molecule has 0 radical (unpaired) electrons. The molecule has 2 aromatic carbocycles. The molecule has 0 amide bonds. The topological polar surface area (TPSA) is 38.3 Å². The molecule has 0 bridgehead atoms. The zero-order valence-electron chi connectivity index (χ0n) is 13.6. The van der Waals surface area contributed by atoms with Crippen LogP contribution in [0.5, 0.6) is 0 Å². The summed E-state index contributed by atoms with van der Waals surface area (Å²) in [5.41, 5.74) is 3.50. The molecule has 2 aromatic rings. The van der Waals surface area contributed by atoms with Crippen LogP contribution in [0.4, 0.5) is 5.69 Å². The number of para-hydroxylation sites is 1. The number of methoxy groups -OCH3 is 1. The molecule has 1 N–H and O–H groups in total. The first-order chi connectivity index (χ1) is 12.1. The Labute approximate surface area is 156 Å². The van der Waals surface area contributed by atoms with E-state index in [1.54, 1.807) is 12.1 Å². The molecule has 0 saturated carbocycles. The summed E-state index contributed by atoms with van der Waals surface area (Å²) in [6.45, 7) is 0. The lowest BCUT2D eigenvalue weighted by Crippen LogP contribution is -2.30. The second-order valence-electron chi connectivity index (χ2n) is 6.40. The number of benzene rings is 2. The van der Waals surface area contributed by atoms with Gasteiger partial charge >= 0.3 is 5.97 Å². The highest BCUT2D eigenvalue weighted by molar-refractivity contribution is 6.35. The Morgan fingerprint density at radius 3 is 2.80 bits per heavy atom. The number of fused-ring (bicyclic) bond motifs is 3. The summed E-state index contributed by atoms with van der Waals surface area (Å²) in [6.07, 6.45) is 5.39. The molecule has 0 aromatic heterocycles. The van der Waals surface area contributed by atoms with Gasteiger partial charge in [-0.15, -0.1) is 0 Å². The van der Waals surface area contributed by atoms with Crippen molar-refractivity contribution in [3.8, 4) is 0 Å². The van der Waals surface area contributed by atoms with Gasteiger partial charge in [0.05, 0.1) is 24.4 Å². The first-order valence-electron chi connectivity index (χ1n) is 8.19. The molecule has 4 rings (SSSR count). The maximum atomic E-state index is 12.2. The Bertz CT molecular complexity index is 878. The van der Waals surface area contributed by atoms with Crippen molar-refractivity contribution in [1.29, 1.82) is 0 Å². The number of anilines is 1. The van der Waals surface area contributed by atoms with Crippen LogP contribution >= 0.6 is 23.2 Å². The molecule has 1 heterocycles. The Balaban J connectivity index is 1.84. The maximum Gasteiger partial charge on any atom is 0.339 e. The van der Waals surface area contributed by atoms with Crippen LogP contribution in [0.3, 0.4) is 0 Å². The molecule has 5 heteroatoms. The van der Waals surface area contributed by atoms with Gasteiger partial charge in [0.15, 0.2) is 0 Å². The van der Waals surface area contributed by atoms with Crippen LogP contribution < -0.4 is 5.32 Å². The van der Waals surface area contributed by atoms with Gasteiger partial charge in [0, 0.05) is 16.0 Å². The third-order valence-electron chi connectivity index (χ3n) is 5.10. The van der Waals surface area contributed by atoms with E-state index in [-0.39, 0.29) is 17.9 Å². The van der Waals surface area contributed by atoms with Crippen LogP contribution in [-0.4, -0.2) is 13.1 Å². The number of hydrogen-bond donors (Lipinski definition) is 1. The highest BCUT2D eigenvalue weighted by Gasteiger charge is 2.40. The number of hydrogen-bond acceptors (Lipinski definition) is 3. The second-order valence-corrected chi connectivity index (χ2v) is 7.25. The summed E-state index contributed by atoms with van der Waals surface area (Å²) in [6, 6.07) is 11.3. The monoisotopic (exact) mass is 373 g/mol. The first kappa shape index (κ1) is 16.5. The summed E-state index contributed by atoms with van der Waals surface area (Å²) in [4.78, 5) is 12.2. The van der Waals surface area contributed by atoms with Crippen LogP contribution in [0, 0.1) is 5.92 Å². The minimum absolute atomic E-state index is 0.00285. The van der Waals surface area contributed by atoms with E-state index in [1.807, 2.05) is 18.2 Å². The largest absolute Gasteiger partial charge is 0.465 e. The second kappa shape index (κ2) is 6.40.